The Labute approximate surface area is 330 Å². The summed E-state index contributed by atoms with van der Waals surface area (Å²) in [5, 5.41) is 12.2. The summed E-state index contributed by atoms with van der Waals surface area (Å²) >= 11 is 0. The summed E-state index contributed by atoms with van der Waals surface area (Å²) in [7, 11) is 0. The van der Waals surface area contributed by atoms with Crippen LogP contribution in [0.4, 0.5) is 4.39 Å². The topological polar surface area (TPSA) is 115 Å². The minimum Gasteiger partial charge on any atom is -0.473 e. The molecule has 1 amide bonds. The van der Waals surface area contributed by atoms with Crippen molar-refractivity contribution in [2.75, 3.05) is 26.3 Å². The molecule has 2 aliphatic heterocycles. The van der Waals surface area contributed by atoms with Gasteiger partial charge < -0.3 is 24.1 Å². The summed E-state index contributed by atoms with van der Waals surface area (Å²) in [6.07, 6.45) is 8.95. The molecular weight excluding hydrogens is 708 g/mol. The van der Waals surface area contributed by atoms with Crippen LogP contribution < -0.4 is 10.1 Å². The number of rotatable bonds is 14. The standard InChI is InChI=1S/C45H57FN6O4/c1-6-44(4,5)56-30-43(2,3)50-42(53)33-12-13-38-39(25-33)52(27-35-16-23-54-35)40(48-38)28-51-21-19-45(20-22-51)17-14-32(15-18-45)37-8-7-9-41(49-37)55-29-34-11-10-31(26-47)24-36(34)46/h7-13,24-25,32,35H,6,14-23,27-30H2,1-5H3,(H,50,53). The number of hydrogen-bond donors (Lipinski definition) is 1. The number of nitrogens with zero attached hydrogens (tertiary/aromatic N) is 5. The van der Waals surface area contributed by atoms with E-state index >= 15 is 0 Å². The number of halogens is 1. The maximum absolute atomic E-state index is 14.4. The number of imidazole rings is 1. The highest BCUT2D eigenvalue weighted by molar-refractivity contribution is 5.97. The predicted octanol–water partition coefficient (Wildman–Crippen LogP) is 8.46. The molecule has 2 aromatic heterocycles. The fourth-order valence-corrected chi connectivity index (χ4v) is 8.20. The molecular formula is C45H57FN6O4. The number of nitrogens with one attached hydrogen (secondary N) is 1. The van der Waals surface area contributed by atoms with E-state index in [0.29, 0.717) is 40.5 Å². The van der Waals surface area contributed by atoms with Crippen LogP contribution in [0.15, 0.2) is 54.6 Å². The Bertz CT molecular complexity index is 2050. The number of nitriles is 1. The van der Waals surface area contributed by atoms with Crippen LogP contribution in [0.5, 0.6) is 5.88 Å². The minimum absolute atomic E-state index is 0.0633. The van der Waals surface area contributed by atoms with Gasteiger partial charge in [0, 0.05) is 35.4 Å². The minimum atomic E-state index is -0.525. The highest BCUT2D eigenvalue weighted by Gasteiger charge is 2.39. The predicted molar refractivity (Wildman–Crippen MR) is 214 cm³/mol. The normalized spacial score (nSPS) is 19.1. The monoisotopic (exact) mass is 764 g/mol. The van der Waals surface area contributed by atoms with Gasteiger partial charge in [0.25, 0.3) is 5.91 Å². The van der Waals surface area contributed by atoms with Gasteiger partial charge >= 0.3 is 0 Å². The molecule has 1 aliphatic carbocycles. The quantitative estimate of drug-likeness (QED) is 0.136. The molecule has 0 radical (unpaired) electrons. The SMILES string of the molecule is CCC(C)(C)OCC(C)(C)NC(=O)c1ccc2nc(CN3CCC4(CCC(c5cccc(OCc6ccc(C#N)cc6F)n5)CC4)CC3)n(CC3CCO3)c2c1. The van der Waals surface area contributed by atoms with Gasteiger partial charge in [-0.3, -0.25) is 9.69 Å². The number of pyridine rings is 1. The second kappa shape index (κ2) is 16.6. The van der Waals surface area contributed by atoms with Gasteiger partial charge in [0.05, 0.1) is 59.6 Å². The Morgan fingerprint density at radius 1 is 1.04 bits per heavy atom. The van der Waals surface area contributed by atoms with Crippen molar-refractivity contribution in [1.82, 2.24) is 24.8 Å². The van der Waals surface area contributed by atoms with Gasteiger partial charge in [-0.2, -0.15) is 5.26 Å². The number of aromatic nitrogens is 3. The van der Waals surface area contributed by atoms with Crippen LogP contribution in [-0.4, -0.2) is 68.9 Å². The van der Waals surface area contributed by atoms with Crippen molar-refractivity contribution in [2.24, 2.45) is 5.41 Å². The van der Waals surface area contributed by atoms with Gasteiger partial charge in [0.1, 0.15) is 18.2 Å². The number of benzene rings is 2. The Morgan fingerprint density at radius 2 is 1.80 bits per heavy atom. The molecule has 1 unspecified atom stereocenters. The fourth-order valence-electron chi connectivity index (χ4n) is 8.20. The van der Waals surface area contributed by atoms with Crippen LogP contribution in [0.2, 0.25) is 0 Å². The second-order valence-corrected chi connectivity index (χ2v) is 17.5. The van der Waals surface area contributed by atoms with Crippen molar-refractivity contribution in [3.05, 3.63) is 88.6 Å². The van der Waals surface area contributed by atoms with Crippen molar-refractivity contribution >= 4 is 16.9 Å². The molecule has 56 heavy (non-hydrogen) atoms. The van der Waals surface area contributed by atoms with Gasteiger partial charge in [0.15, 0.2) is 0 Å². The largest absolute Gasteiger partial charge is 0.473 e. The first-order valence-corrected chi connectivity index (χ1v) is 20.4. The Balaban J connectivity index is 0.953. The first kappa shape index (κ1) is 39.8. The molecule has 2 aromatic carbocycles. The molecule has 1 atom stereocenters. The molecule has 7 rings (SSSR count). The first-order chi connectivity index (χ1) is 26.8. The van der Waals surface area contributed by atoms with Crippen LogP contribution in [0, 0.1) is 22.6 Å². The van der Waals surface area contributed by atoms with Crippen molar-refractivity contribution in [2.45, 2.75) is 129 Å². The maximum atomic E-state index is 14.4. The smallest absolute Gasteiger partial charge is 0.251 e. The highest BCUT2D eigenvalue weighted by atomic mass is 19.1. The number of fused-ring (bicyclic) bond motifs is 1. The zero-order valence-electron chi connectivity index (χ0n) is 33.7. The van der Waals surface area contributed by atoms with E-state index in [1.165, 1.54) is 18.9 Å². The Kier molecular flexibility index (Phi) is 11.8. The molecule has 298 valence electrons. The van der Waals surface area contributed by atoms with E-state index in [1.54, 1.807) is 12.1 Å². The summed E-state index contributed by atoms with van der Waals surface area (Å²) in [6, 6.07) is 18.1. The van der Waals surface area contributed by atoms with Crippen molar-refractivity contribution in [1.29, 1.82) is 5.26 Å². The number of likely N-dealkylation sites (tertiary alicyclic amines) is 1. The van der Waals surface area contributed by atoms with Crippen LogP contribution >= 0.6 is 0 Å². The third-order valence-corrected chi connectivity index (χ3v) is 12.4. The van der Waals surface area contributed by atoms with Crippen molar-refractivity contribution in [3.8, 4) is 11.9 Å². The van der Waals surface area contributed by atoms with Crippen LogP contribution in [-0.2, 0) is 29.2 Å². The lowest BCUT2D eigenvalue weighted by molar-refractivity contribution is -0.0593. The molecule has 4 aromatic rings. The molecule has 1 saturated carbocycles. The molecule has 4 heterocycles. The van der Waals surface area contributed by atoms with Gasteiger partial charge in [0.2, 0.25) is 5.88 Å². The third kappa shape index (κ3) is 9.42. The highest BCUT2D eigenvalue weighted by Crippen LogP contribution is 2.49. The van der Waals surface area contributed by atoms with Crippen LogP contribution in [0.1, 0.15) is 125 Å². The average Bonchev–Trinajstić information content (AvgIpc) is 3.51. The van der Waals surface area contributed by atoms with Crippen LogP contribution in [0.25, 0.3) is 11.0 Å². The molecule has 1 spiro atoms. The second-order valence-electron chi connectivity index (χ2n) is 17.5. The Morgan fingerprint density at radius 3 is 2.48 bits per heavy atom. The summed E-state index contributed by atoms with van der Waals surface area (Å²) in [6.45, 7) is 15.1. The number of carbonyl (C=O) groups excluding carboxylic acids is 1. The lowest BCUT2D eigenvalue weighted by atomic mass is 9.65. The molecule has 11 heteroatoms. The molecule has 0 bridgehead atoms. The summed E-state index contributed by atoms with van der Waals surface area (Å²) in [5.74, 6) is 1.34. The van der Waals surface area contributed by atoms with E-state index in [2.05, 4.69) is 41.6 Å². The van der Waals surface area contributed by atoms with Gasteiger partial charge in [-0.15, -0.1) is 0 Å². The lowest BCUT2D eigenvalue weighted by Gasteiger charge is -2.46. The number of ether oxygens (including phenoxy) is 3. The van der Waals surface area contributed by atoms with E-state index < -0.39 is 11.4 Å². The van der Waals surface area contributed by atoms with E-state index in [4.69, 9.17) is 29.4 Å². The number of amides is 1. The van der Waals surface area contributed by atoms with Crippen molar-refractivity contribution < 1.29 is 23.4 Å². The number of piperidine rings is 1. The number of hydrogen-bond acceptors (Lipinski definition) is 8. The average molecular weight is 765 g/mol. The van der Waals surface area contributed by atoms with Crippen LogP contribution in [0.3, 0.4) is 0 Å². The zero-order chi connectivity index (χ0) is 39.5. The van der Waals surface area contributed by atoms with Gasteiger partial charge in [-0.1, -0.05) is 19.1 Å². The van der Waals surface area contributed by atoms with E-state index in [9.17, 15) is 9.18 Å². The van der Waals surface area contributed by atoms with E-state index in [0.717, 1.165) is 93.9 Å². The lowest BCUT2D eigenvalue weighted by Crippen LogP contribution is -2.48. The third-order valence-electron chi connectivity index (χ3n) is 12.4. The molecule has 10 nitrogen and oxygen atoms in total. The summed E-state index contributed by atoms with van der Waals surface area (Å²) in [4.78, 5) is 26.0. The molecule has 3 aliphatic rings. The zero-order valence-corrected chi connectivity index (χ0v) is 33.7. The molecule has 3 fully saturated rings. The molecule has 1 N–H and O–H groups in total. The number of carbonyl (C=O) groups is 1. The van der Waals surface area contributed by atoms with Gasteiger partial charge in [-0.25, -0.2) is 14.4 Å². The van der Waals surface area contributed by atoms with Crippen molar-refractivity contribution in [3.63, 3.8) is 0 Å². The first-order valence-electron chi connectivity index (χ1n) is 20.4. The summed E-state index contributed by atoms with van der Waals surface area (Å²) < 4.78 is 34.6. The van der Waals surface area contributed by atoms with Gasteiger partial charge in [-0.05, 0) is 134 Å². The fraction of sp³-hybridized carbons (Fsp3) is 0.556. The maximum Gasteiger partial charge on any atom is 0.251 e. The van der Waals surface area contributed by atoms with E-state index in [-0.39, 0.29) is 24.2 Å². The molecule has 2 saturated heterocycles. The summed E-state index contributed by atoms with van der Waals surface area (Å²) in [5.41, 5.74) is 3.80. The Hall–Kier alpha value is -4.37. The van der Waals surface area contributed by atoms with E-state index in [1.807, 2.05) is 50.2 Å².